The molecule has 0 bridgehead atoms. The topological polar surface area (TPSA) is 94.1 Å². The fourth-order valence-electron chi connectivity index (χ4n) is 1.44. The molecule has 0 aliphatic rings. The molecule has 1 N–H and O–H groups in total. The number of anilines is 1. The molecule has 2 rings (SSSR count). The van der Waals surface area contributed by atoms with Gasteiger partial charge in [0.1, 0.15) is 11.5 Å². The monoisotopic (exact) mass is 286 g/mol. The van der Waals surface area contributed by atoms with Gasteiger partial charge in [-0.2, -0.15) is 4.98 Å². The van der Waals surface area contributed by atoms with Crippen LogP contribution in [0.2, 0.25) is 5.02 Å². The summed E-state index contributed by atoms with van der Waals surface area (Å²) in [5.41, 5.74) is -0.241. The number of aromatic nitrogens is 2. The minimum absolute atomic E-state index is 0.0513. The van der Waals surface area contributed by atoms with Crippen LogP contribution in [-0.4, -0.2) is 21.6 Å². The molecular formula is C10H8ClFN4O3. The second-order valence-corrected chi connectivity index (χ2v) is 3.97. The van der Waals surface area contributed by atoms with Gasteiger partial charge in [0.05, 0.1) is 9.95 Å². The Morgan fingerprint density at radius 1 is 1.53 bits per heavy atom. The van der Waals surface area contributed by atoms with Crippen LogP contribution in [0.4, 0.5) is 15.8 Å². The van der Waals surface area contributed by atoms with Crippen molar-refractivity contribution >= 4 is 23.0 Å². The van der Waals surface area contributed by atoms with Crippen molar-refractivity contribution in [1.29, 1.82) is 0 Å². The fourth-order valence-corrected chi connectivity index (χ4v) is 1.60. The molecule has 100 valence electrons. The molecular weight excluding hydrogens is 279 g/mol. The third kappa shape index (κ3) is 3.16. The van der Waals surface area contributed by atoms with Crippen molar-refractivity contribution in [3.05, 3.63) is 45.3 Å². The predicted octanol–water partition coefficient (Wildman–Crippen LogP) is 2.42. The van der Waals surface area contributed by atoms with Gasteiger partial charge in [-0.25, -0.2) is 4.39 Å². The molecule has 0 amide bonds. The van der Waals surface area contributed by atoms with Gasteiger partial charge in [0, 0.05) is 25.1 Å². The molecule has 9 heteroatoms. The Labute approximate surface area is 111 Å². The number of hydrogen-bond donors (Lipinski definition) is 1. The summed E-state index contributed by atoms with van der Waals surface area (Å²) in [5.74, 6) is -0.279. The first-order chi connectivity index (χ1) is 9.08. The zero-order valence-corrected chi connectivity index (χ0v) is 10.2. The van der Waals surface area contributed by atoms with Crippen LogP contribution >= 0.6 is 11.6 Å². The van der Waals surface area contributed by atoms with Crippen molar-refractivity contribution < 1.29 is 13.8 Å². The number of hydrogen-bond acceptors (Lipinski definition) is 6. The molecule has 2 aromatic rings. The van der Waals surface area contributed by atoms with Gasteiger partial charge in [-0.1, -0.05) is 16.8 Å². The zero-order chi connectivity index (χ0) is 13.8. The lowest BCUT2D eigenvalue weighted by Gasteiger charge is -2.06. The Kier molecular flexibility index (Phi) is 3.91. The highest BCUT2D eigenvalue weighted by Crippen LogP contribution is 2.30. The van der Waals surface area contributed by atoms with Crippen LogP contribution in [0, 0.1) is 15.9 Å². The first kappa shape index (κ1) is 13.2. The van der Waals surface area contributed by atoms with E-state index in [-0.39, 0.29) is 16.4 Å². The third-order valence-electron chi connectivity index (χ3n) is 2.31. The highest BCUT2D eigenvalue weighted by atomic mass is 35.5. The molecule has 0 fully saturated rings. The molecule has 0 saturated carbocycles. The summed E-state index contributed by atoms with van der Waals surface area (Å²) in [7, 11) is 0. The van der Waals surface area contributed by atoms with E-state index in [4.69, 9.17) is 11.6 Å². The van der Waals surface area contributed by atoms with E-state index >= 15 is 0 Å². The molecule has 0 spiro atoms. The van der Waals surface area contributed by atoms with E-state index in [1.54, 1.807) is 0 Å². The van der Waals surface area contributed by atoms with Crippen molar-refractivity contribution in [3.63, 3.8) is 0 Å². The van der Waals surface area contributed by atoms with E-state index in [2.05, 4.69) is 20.0 Å². The number of halogens is 2. The molecule has 1 aromatic carbocycles. The van der Waals surface area contributed by atoms with Gasteiger partial charge in [0.25, 0.3) is 5.69 Å². The summed E-state index contributed by atoms with van der Waals surface area (Å²) in [6.45, 7) is 0.293. The molecule has 0 aliphatic heterocycles. The van der Waals surface area contributed by atoms with Gasteiger partial charge in [0.2, 0.25) is 6.39 Å². The maximum Gasteiger partial charge on any atom is 0.294 e. The summed E-state index contributed by atoms with van der Waals surface area (Å²) in [4.78, 5) is 14.0. The molecule has 7 nitrogen and oxygen atoms in total. The summed E-state index contributed by atoms with van der Waals surface area (Å²) in [6, 6.07) is 1.95. The highest BCUT2D eigenvalue weighted by Gasteiger charge is 2.17. The van der Waals surface area contributed by atoms with Gasteiger partial charge >= 0.3 is 0 Å². The fraction of sp³-hybridized carbons (Fsp3) is 0.200. The lowest BCUT2D eigenvalue weighted by Crippen LogP contribution is -2.08. The smallest absolute Gasteiger partial charge is 0.294 e. The number of nitrogens with zero attached hydrogens (tertiary/aromatic N) is 3. The summed E-state index contributed by atoms with van der Waals surface area (Å²) in [6.07, 6.45) is 1.57. The molecule has 0 aliphatic carbocycles. The maximum absolute atomic E-state index is 13.3. The summed E-state index contributed by atoms with van der Waals surface area (Å²) < 4.78 is 17.8. The second-order valence-electron chi connectivity index (χ2n) is 3.56. The Hall–Kier alpha value is -2.22. The SMILES string of the molecule is O=[N+]([O-])c1cc(Cl)c(F)cc1NCCc1ncon1. The van der Waals surface area contributed by atoms with Gasteiger partial charge in [-0.3, -0.25) is 10.1 Å². The van der Waals surface area contributed by atoms with Crippen LogP contribution in [0.25, 0.3) is 0 Å². The van der Waals surface area contributed by atoms with Crippen LogP contribution in [0.5, 0.6) is 0 Å². The predicted molar refractivity (Wildman–Crippen MR) is 64.6 cm³/mol. The quantitative estimate of drug-likeness (QED) is 0.670. The maximum atomic E-state index is 13.3. The van der Waals surface area contributed by atoms with E-state index in [1.807, 2.05) is 0 Å². The molecule has 0 saturated heterocycles. The van der Waals surface area contributed by atoms with Gasteiger partial charge in [-0.15, -0.1) is 0 Å². The lowest BCUT2D eigenvalue weighted by molar-refractivity contribution is -0.384. The van der Waals surface area contributed by atoms with Crippen molar-refractivity contribution in [3.8, 4) is 0 Å². The first-order valence-electron chi connectivity index (χ1n) is 5.20. The largest absolute Gasteiger partial charge is 0.379 e. The van der Waals surface area contributed by atoms with Gasteiger partial charge in [-0.05, 0) is 0 Å². The molecule has 1 heterocycles. The highest BCUT2D eigenvalue weighted by molar-refractivity contribution is 6.31. The van der Waals surface area contributed by atoms with E-state index in [0.29, 0.717) is 18.8 Å². The van der Waals surface area contributed by atoms with E-state index in [9.17, 15) is 14.5 Å². The van der Waals surface area contributed by atoms with Crippen LogP contribution in [0.1, 0.15) is 5.82 Å². The van der Waals surface area contributed by atoms with E-state index < -0.39 is 10.7 Å². The average molecular weight is 287 g/mol. The number of nitro benzene ring substituents is 1. The molecule has 0 unspecified atom stereocenters. The summed E-state index contributed by atoms with van der Waals surface area (Å²) in [5, 5.41) is 16.8. The number of nitro groups is 1. The van der Waals surface area contributed by atoms with Gasteiger partial charge < -0.3 is 9.84 Å². The zero-order valence-electron chi connectivity index (χ0n) is 9.47. The number of nitrogens with one attached hydrogen (secondary N) is 1. The summed E-state index contributed by atoms with van der Waals surface area (Å²) >= 11 is 5.51. The number of rotatable bonds is 5. The van der Waals surface area contributed by atoms with Crippen molar-refractivity contribution in [2.75, 3.05) is 11.9 Å². The normalized spacial score (nSPS) is 10.4. The Morgan fingerprint density at radius 3 is 2.95 bits per heavy atom. The van der Waals surface area contributed by atoms with E-state index in [1.165, 1.54) is 6.39 Å². The standard InChI is InChI=1S/C10H8ClFN4O3/c11-6-3-9(16(17)18)8(4-7(6)12)13-2-1-10-14-5-19-15-10/h3-5,13H,1-2H2. The van der Waals surface area contributed by atoms with Gasteiger partial charge in [0.15, 0.2) is 5.82 Å². The number of benzene rings is 1. The van der Waals surface area contributed by atoms with Crippen LogP contribution in [-0.2, 0) is 6.42 Å². The Balaban J connectivity index is 2.10. The third-order valence-corrected chi connectivity index (χ3v) is 2.60. The van der Waals surface area contributed by atoms with Crippen LogP contribution in [0.3, 0.4) is 0 Å². The van der Waals surface area contributed by atoms with Crippen molar-refractivity contribution in [1.82, 2.24) is 10.1 Å². The Morgan fingerprint density at radius 2 is 2.32 bits per heavy atom. The minimum Gasteiger partial charge on any atom is -0.379 e. The molecule has 1 aromatic heterocycles. The molecule has 0 atom stereocenters. The average Bonchev–Trinajstić information content (AvgIpc) is 2.86. The van der Waals surface area contributed by atoms with Crippen molar-refractivity contribution in [2.24, 2.45) is 0 Å². The first-order valence-corrected chi connectivity index (χ1v) is 5.58. The molecule has 19 heavy (non-hydrogen) atoms. The van der Waals surface area contributed by atoms with E-state index in [0.717, 1.165) is 12.1 Å². The lowest BCUT2D eigenvalue weighted by atomic mass is 10.2. The molecule has 0 radical (unpaired) electrons. The van der Waals surface area contributed by atoms with Crippen molar-refractivity contribution in [2.45, 2.75) is 6.42 Å². The van der Waals surface area contributed by atoms with Crippen LogP contribution < -0.4 is 5.32 Å². The minimum atomic E-state index is -0.727. The second kappa shape index (κ2) is 5.61. The Bertz CT molecular complexity index is 591. The van der Waals surface area contributed by atoms with Crippen LogP contribution in [0.15, 0.2) is 23.0 Å².